The molecular weight excluding hydrogens is 346 g/mol. The van der Waals surface area contributed by atoms with Crippen LogP contribution in [0.1, 0.15) is 37.0 Å². The number of carbonyl (C=O) groups excluding carboxylic acids is 3. The molecule has 1 unspecified atom stereocenters. The predicted octanol–water partition coefficient (Wildman–Crippen LogP) is 1.32. The van der Waals surface area contributed by atoms with Crippen LogP contribution in [0.2, 0.25) is 0 Å². The highest BCUT2D eigenvalue weighted by molar-refractivity contribution is 5.97. The Morgan fingerprint density at radius 1 is 1.07 bits per heavy atom. The molecule has 2 aliphatic rings. The van der Waals surface area contributed by atoms with E-state index in [1.165, 1.54) is 6.07 Å². The number of amides is 3. The fourth-order valence-corrected chi connectivity index (χ4v) is 3.82. The van der Waals surface area contributed by atoms with Gasteiger partial charge in [0.1, 0.15) is 5.75 Å². The Hall–Kier alpha value is -2.57. The van der Waals surface area contributed by atoms with Gasteiger partial charge in [0.25, 0.3) is 5.91 Å². The van der Waals surface area contributed by atoms with Gasteiger partial charge < -0.3 is 19.8 Å². The Kier molecular flexibility index (Phi) is 5.68. The smallest absolute Gasteiger partial charge is 0.257 e. The predicted molar refractivity (Wildman–Crippen MR) is 100 cm³/mol. The summed E-state index contributed by atoms with van der Waals surface area (Å²) in [6.45, 7) is 6.39. The summed E-state index contributed by atoms with van der Waals surface area (Å²) in [5.74, 6) is -0.499. The zero-order valence-corrected chi connectivity index (χ0v) is 15.9. The van der Waals surface area contributed by atoms with Crippen molar-refractivity contribution in [3.63, 3.8) is 0 Å². The first-order valence-electron chi connectivity index (χ1n) is 9.54. The van der Waals surface area contributed by atoms with Crippen molar-refractivity contribution in [2.45, 2.75) is 32.7 Å². The van der Waals surface area contributed by atoms with Crippen LogP contribution in [0.4, 0.5) is 0 Å². The number of rotatable bonds is 3. The standard InChI is InChI=1S/C20H27N3O4/c1-14(2)23-13-15(12-18(23)25)19(26)21-8-5-9-22(11-10-21)20(27)16-6-3-4-7-17(16)24/h3-4,6-7,14-15,24H,5,8-13H2,1-2H3. The van der Waals surface area contributed by atoms with Gasteiger partial charge in [-0.1, -0.05) is 12.1 Å². The number of aromatic hydroxyl groups is 1. The summed E-state index contributed by atoms with van der Waals surface area (Å²) in [6.07, 6.45) is 0.952. The van der Waals surface area contributed by atoms with E-state index in [2.05, 4.69) is 0 Å². The molecule has 0 spiro atoms. The van der Waals surface area contributed by atoms with E-state index in [0.717, 1.165) is 0 Å². The molecule has 2 aliphatic heterocycles. The van der Waals surface area contributed by atoms with Gasteiger partial charge in [-0.05, 0) is 32.4 Å². The van der Waals surface area contributed by atoms with Crippen molar-refractivity contribution in [3.8, 4) is 5.75 Å². The van der Waals surface area contributed by atoms with Crippen molar-refractivity contribution in [1.82, 2.24) is 14.7 Å². The number of benzene rings is 1. The normalized spacial score (nSPS) is 20.9. The van der Waals surface area contributed by atoms with Gasteiger partial charge in [0.05, 0.1) is 11.5 Å². The minimum atomic E-state index is -0.291. The lowest BCUT2D eigenvalue weighted by atomic mass is 10.1. The zero-order valence-electron chi connectivity index (χ0n) is 15.9. The first-order valence-corrected chi connectivity index (χ1v) is 9.54. The second-order valence-electron chi connectivity index (χ2n) is 7.53. The minimum absolute atomic E-state index is 0.00311. The Morgan fingerprint density at radius 3 is 2.41 bits per heavy atom. The minimum Gasteiger partial charge on any atom is -0.507 e. The van der Waals surface area contributed by atoms with Crippen molar-refractivity contribution in [2.75, 3.05) is 32.7 Å². The van der Waals surface area contributed by atoms with Crippen LogP contribution in [0.25, 0.3) is 0 Å². The van der Waals surface area contributed by atoms with Gasteiger partial charge in [-0.15, -0.1) is 0 Å². The fourth-order valence-electron chi connectivity index (χ4n) is 3.82. The lowest BCUT2D eigenvalue weighted by Crippen LogP contribution is -2.41. The molecule has 1 aromatic carbocycles. The van der Waals surface area contributed by atoms with Crippen LogP contribution >= 0.6 is 0 Å². The highest BCUT2D eigenvalue weighted by atomic mass is 16.3. The Labute approximate surface area is 159 Å². The number of carbonyl (C=O) groups is 3. The third-order valence-corrected chi connectivity index (χ3v) is 5.36. The molecule has 2 fully saturated rings. The lowest BCUT2D eigenvalue weighted by molar-refractivity contribution is -0.135. The third kappa shape index (κ3) is 4.07. The largest absolute Gasteiger partial charge is 0.507 e. The summed E-state index contributed by atoms with van der Waals surface area (Å²) in [4.78, 5) is 42.9. The molecule has 0 aromatic heterocycles. The molecule has 7 heteroatoms. The van der Waals surface area contributed by atoms with E-state index >= 15 is 0 Å². The summed E-state index contributed by atoms with van der Waals surface area (Å²) in [5.41, 5.74) is 0.284. The van der Waals surface area contributed by atoms with Crippen LogP contribution in [0.5, 0.6) is 5.75 Å². The molecule has 27 heavy (non-hydrogen) atoms. The first-order chi connectivity index (χ1) is 12.9. The van der Waals surface area contributed by atoms with Crippen molar-refractivity contribution in [2.24, 2.45) is 5.92 Å². The van der Waals surface area contributed by atoms with E-state index in [9.17, 15) is 19.5 Å². The molecule has 3 amide bonds. The number of hydrogen-bond donors (Lipinski definition) is 1. The molecule has 1 atom stereocenters. The second-order valence-corrected chi connectivity index (χ2v) is 7.53. The quantitative estimate of drug-likeness (QED) is 0.867. The molecule has 2 heterocycles. The van der Waals surface area contributed by atoms with Crippen LogP contribution in [0.15, 0.2) is 24.3 Å². The van der Waals surface area contributed by atoms with Gasteiger partial charge in [0.15, 0.2) is 0 Å². The van der Waals surface area contributed by atoms with E-state index in [1.807, 2.05) is 13.8 Å². The van der Waals surface area contributed by atoms with Crippen molar-refractivity contribution in [3.05, 3.63) is 29.8 Å². The first kappa shape index (κ1) is 19.2. The maximum absolute atomic E-state index is 12.9. The summed E-state index contributed by atoms with van der Waals surface area (Å²) < 4.78 is 0. The van der Waals surface area contributed by atoms with E-state index in [4.69, 9.17) is 0 Å². The lowest BCUT2D eigenvalue weighted by Gasteiger charge is -2.25. The highest BCUT2D eigenvalue weighted by Gasteiger charge is 2.38. The van der Waals surface area contributed by atoms with Gasteiger partial charge in [0, 0.05) is 45.2 Å². The fraction of sp³-hybridized carbons (Fsp3) is 0.550. The molecule has 7 nitrogen and oxygen atoms in total. The maximum Gasteiger partial charge on any atom is 0.257 e. The molecule has 0 bridgehead atoms. The molecule has 0 saturated carbocycles. The molecule has 146 valence electrons. The van der Waals surface area contributed by atoms with Crippen LogP contribution < -0.4 is 0 Å². The van der Waals surface area contributed by atoms with E-state index in [-0.39, 0.29) is 47.4 Å². The Morgan fingerprint density at radius 2 is 1.74 bits per heavy atom. The molecule has 0 radical (unpaired) electrons. The summed E-state index contributed by atoms with van der Waals surface area (Å²) in [7, 11) is 0. The zero-order chi connectivity index (χ0) is 19.6. The monoisotopic (exact) mass is 373 g/mol. The highest BCUT2D eigenvalue weighted by Crippen LogP contribution is 2.23. The summed E-state index contributed by atoms with van der Waals surface area (Å²) in [5, 5.41) is 9.91. The number of phenolic OH excluding ortho intramolecular Hbond substituents is 1. The van der Waals surface area contributed by atoms with Crippen LogP contribution in [-0.4, -0.2) is 76.3 Å². The van der Waals surface area contributed by atoms with Gasteiger partial charge >= 0.3 is 0 Å². The van der Waals surface area contributed by atoms with Gasteiger partial charge in [-0.2, -0.15) is 0 Å². The topological polar surface area (TPSA) is 81.2 Å². The molecule has 1 aromatic rings. The molecule has 0 aliphatic carbocycles. The second kappa shape index (κ2) is 7.98. The molecular formula is C20H27N3O4. The SMILES string of the molecule is CC(C)N1CC(C(=O)N2CCCN(C(=O)c3ccccc3O)CC2)CC1=O. The Bertz CT molecular complexity index is 734. The Balaban J connectivity index is 1.62. The van der Waals surface area contributed by atoms with E-state index in [0.29, 0.717) is 39.1 Å². The van der Waals surface area contributed by atoms with Crippen molar-refractivity contribution >= 4 is 17.7 Å². The van der Waals surface area contributed by atoms with Gasteiger partial charge in [-0.3, -0.25) is 14.4 Å². The molecule has 3 rings (SSSR count). The number of para-hydroxylation sites is 1. The molecule has 2 saturated heterocycles. The number of nitrogens with zero attached hydrogens (tertiary/aromatic N) is 3. The summed E-state index contributed by atoms with van der Waals surface area (Å²) in [6, 6.07) is 6.61. The number of likely N-dealkylation sites (tertiary alicyclic amines) is 1. The number of hydrogen-bond acceptors (Lipinski definition) is 4. The van der Waals surface area contributed by atoms with Crippen molar-refractivity contribution in [1.29, 1.82) is 0 Å². The van der Waals surface area contributed by atoms with Gasteiger partial charge in [-0.25, -0.2) is 0 Å². The van der Waals surface area contributed by atoms with Crippen LogP contribution in [0.3, 0.4) is 0 Å². The van der Waals surface area contributed by atoms with Crippen LogP contribution in [0, 0.1) is 5.92 Å². The van der Waals surface area contributed by atoms with E-state index < -0.39 is 0 Å². The molecule has 1 N–H and O–H groups in total. The van der Waals surface area contributed by atoms with Crippen LogP contribution in [-0.2, 0) is 9.59 Å². The average molecular weight is 373 g/mol. The summed E-state index contributed by atoms with van der Waals surface area (Å²) >= 11 is 0. The van der Waals surface area contributed by atoms with Gasteiger partial charge in [0.2, 0.25) is 11.8 Å². The third-order valence-electron chi connectivity index (χ3n) is 5.36. The van der Waals surface area contributed by atoms with Crippen molar-refractivity contribution < 1.29 is 19.5 Å². The average Bonchev–Trinajstić information content (AvgIpc) is 2.88. The maximum atomic E-state index is 12.9. The number of phenols is 1. The van der Waals surface area contributed by atoms with E-state index in [1.54, 1.807) is 32.9 Å².